The van der Waals surface area contributed by atoms with Crippen LogP contribution in [0, 0.1) is 0 Å². The smallest absolute Gasteiger partial charge is 0.336 e. The number of hydrogen-bond donors (Lipinski definition) is 7. The maximum Gasteiger partial charge on any atom is 0.336 e. The monoisotopic (exact) mass is 2070 g/mol. The van der Waals surface area contributed by atoms with Crippen LogP contribution in [0.5, 0.6) is 0 Å². The molecule has 3 aliphatic heterocycles. The van der Waals surface area contributed by atoms with Crippen LogP contribution in [-0.4, -0.2) is 156 Å². The van der Waals surface area contributed by atoms with Crippen molar-refractivity contribution < 1.29 is 93.5 Å². The van der Waals surface area contributed by atoms with Gasteiger partial charge >= 0.3 is 76.2 Å². The third-order valence-electron chi connectivity index (χ3n) is 18.1. The number of nitrogens with zero attached hydrogens (tertiary/aromatic N) is 10. The largest absolute Gasteiger partial charge is 0.481 e. The number of piperidine rings is 1. The van der Waals surface area contributed by atoms with Crippen LogP contribution in [0.2, 0.25) is 0 Å². The number of amides is 4. The number of halogens is 6. The Morgan fingerprint density at radius 1 is 0.492 bits per heavy atom. The van der Waals surface area contributed by atoms with Gasteiger partial charge < -0.3 is 46.1 Å². The number of carboxylic acid groups (broad SMARTS) is 4. The molecular weight excluding hydrogens is 1990 g/mol. The number of aromatic nitrogens is 10. The maximum atomic E-state index is 12.4. The van der Waals surface area contributed by atoms with Crippen LogP contribution in [0.1, 0.15) is 130 Å². The summed E-state index contributed by atoms with van der Waals surface area (Å²) in [6.07, 6.45) is 2.66. The standard InChI is InChI=1S/2C13H14BrN3O4.C13H12BrN3O3.C13H13BrN2O5.C13H11BrN2O4.C4H6O3.C4H8O.CH3I.CH4/c1-16-8-3-2-7(14)6-10(8)17(13(16)21)9(12(15)20)4-5-11(18)19;1-16-8-3-2-7(14)6-10(8)17(13(16)21)9(12(19)20)4-5-11(15)18;1-16-8-3-2-7(14)6-10(8)17(13(16)20)9-4-5-11(18)15-12(9)19;1-15-8-3-2-7(14)6-10(8)16(13(15)21)9(12(19)20)4-5-11(17)18;1-15-8-3-2-7(14)6-10(8)16(13(15)19)9-4-5-11(17)20-12(9)18;1-3(5)7-4(2)6;1-2-4-5-3-1;1-2;/h2-3,6,9H,4-5H2,1H3,(H2,15,20)(H,18,19);2-3,6,9H,4-5H2,1H3,(H2,15,18)(H,19,20);2-3,6,9H,4-5H2,1H3,(H,15,18,19);2-3,6,9H,4-5H2,1H3,(H,17,18)(H,19,20);2-3,6,9H,4-5H2,1H3;1-2H3;1-4H2;1H3;1H4/i;;;;;;;1D;. The van der Waals surface area contributed by atoms with E-state index in [-0.39, 0.29) is 82.5 Å². The first kappa shape index (κ1) is 96.6. The van der Waals surface area contributed by atoms with E-state index >= 15 is 0 Å². The van der Waals surface area contributed by atoms with E-state index in [9.17, 15) is 91.7 Å². The minimum Gasteiger partial charge on any atom is -0.481 e. The Hall–Kier alpha value is -10.2. The Bertz CT molecular complexity index is 5380. The maximum absolute atomic E-state index is 12.4. The van der Waals surface area contributed by atoms with Gasteiger partial charge in [-0.2, -0.15) is 0 Å². The van der Waals surface area contributed by atoms with Gasteiger partial charge in [0.05, 0.1) is 55.2 Å². The number of ether oxygens (including phenoxy) is 3. The number of imidazole rings is 5. The highest BCUT2D eigenvalue weighted by atomic mass is 127. The van der Waals surface area contributed by atoms with Gasteiger partial charge in [-0.25, -0.2) is 38.4 Å². The van der Waals surface area contributed by atoms with Gasteiger partial charge in [-0.15, -0.1) is 0 Å². The lowest BCUT2D eigenvalue weighted by atomic mass is 10.1. The normalized spacial score (nSPS) is 14.9. The van der Waals surface area contributed by atoms with Crippen molar-refractivity contribution in [1.29, 1.82) is 0 Å². The molecule has 0 saturated carbocycles. The number of carbonyl (C=O) groups is 12. The molecule has 0 bridgehead atoms. The number of rotatable bonds is 17. The second-order valence-electron chi connectivity index (χ2n) is 25.9. The number of primary amides is 2. The number of nitrogens with one attached hydrogen (secondary N) is 1. The van der Waals surface area contributed by atoms with Gasteiger partial charge in [0.15, 0.2) is 0 Å². The van der Waals surface area contributed by atoms with Gasteiger partial charge in [0.2, 0.25) is 23.6 Å². The number of imide groups is 1. The Morgan fingerprint density at radius 2 is 0.805 bits per heavy atom. The van der Waals surface area contributed by atoms with E-state index in [4.69, 9.17) is 27.8 Å². The lowest BCUT2D eigenvalue weighted by Gasteiger charge is -2.21. The molecule has 5 aromatic carbocycles. The molecule has 3 saturated heterocycles. The second-order valence-corrected chi connectivity index (χ2v) is 30.5. The fourth-order valence-corrected chi connectivity index (χ4v) is 14.4. The molecule has 13 rings (SSSR count). The van der Waals surface area contributed by atoms with Crippen molar-refractivity contribution in [3.05, 3.63) is 166 Å². The molecule has 4 amide bonds. The van der Waals surface area contributed by atoms with Crippen LogP contribution >= 0.6 is 102 Å². The highest BCUT2D eigenvalue weighted by Gasteiger charge is 2.35. The minimum absolute atomic E-state index is 0. The van der Waals surface area contributed by atoms with Crippen LogP contribution in [-0.2, 0) is 107 Å². The number of carboxylic acids is 4. The lowest BCUT2D eigenvalue weighted by molar-refractivity contribution is -0.167. The zero-order chi connectivity index (χ0) is 88.2. The Labute approximate surface area is 726 Å². The molecule has 0 aliphatic carbocycles. The Morgan fingerprint density at radius 3 is 1.10 bits per heavy atom. The second kappa shape index (κ2) is 44.5. The van der Waals surface area contributed by atoms with E-state index in [1.807, 2.05) is 40.8 Å². The predicted molar refractivity (Wildman–Crippen MR) is 458 cm³/mol. The molecule has 9 N–H and O–H groups in total. The zero-order valence-electron chi connectivity index (χ0n) is 64.5. The summed E-state index contributed by atoms with van der Waals surface area (Å²) in [5.41, 5.74) is 14.7. The summed E-state index contributed by atoms with van der Waals surface area (Å²) >= 11 is 18.6. The van der Waals surface area contributed by atoms with Crippen LogP contribution in [0.3, 0.4) is 0 Å². The topological polar surface area (TPSA) is 512 Å². The molecule has 43 heteroatoms. The quantitative estimate of drug-likeness (QED) is 0.0147. The fourth-order valence-electron chi connectivity index (χ4n) is 12.6. The summed E-state index contributed by atoms with van der Waals surface area (Å²) in [6, 6.07) is 21.6. The van der Waals surface area contributed by atoms with Crippen LogP contribution in [0.25, 0.3) is 55.2 Å². The number of fused-ring (bicyclic) bond motifs is 5. The van der Waals surface area contributed by atoms with Gasteiger partial charge in [-0.1, -0.05) is 110 Å². The molecule has 0 radical (unpaired) electrons. The molecule has 8 heterocycles. The molecule has 5 aromatic heterocycles. The van der Waals surface area contributed by atoms with E-state index < -0.39 is 113 Å². The summed E-state index contributed by atoms with van der Waals surface area (Å²) in [4.78, 5) is 195. The molecule has 10 aromatic rings. The third kappa shape index (κ3) is 24.7. The molecule has 3 fully saturated rings. The van der Waals surface area contributed by atoms with Crippen LogP contribution in [0.4, 0.5) is 0 Å². The summed E-state index contributed by atoms with van der Waals surface area (Å²) in [5, 5.41) is 38.5. The minimum atomic E-state index is -1.23. The summed E-state index contributed by atoms with van der Waals surface area (Å²) in [7, 11) is 8.02. The van der Waals surface area contributed by atoms with Crippen LogP contribution in [0.15, 0.2) is 137 Å². The van der Waals surface area contributed by atoms with Crippen molar-refractivity contribution >= 4 is 229 Å². The van der Waals surface area contributed by atoms with Gasteiger partial charge in [-0.05, 0) is 141 Å². The highest BCUT2D eigenvalue weighted by molar-refractivity contribution is 14.1. The number of aryl methyl sites for hydroxylation is 5. The first-order valence-corrected chi connectivity index (χ1v) is 40.5. The Kier molecular flexibility index (Phi) is 36.5. The first-order valence-electron chi connectivity index (χ1n) is 35.7. The van der Waals surface area contributed by atoms with Crippen molar-refractivity contribution in [2.75, 3.05) is 18.1 Å². The predicted octanol–water partition coefficient (Wildman–Crippen LogP) is 8.75. The fraction of sp³-hybridized carbons (Fsp3) is 0.373. The average Bonchev–Trinajstić information content (AvgIpc) is 1.65. The van der Waals surface area contributed by atoms with Gasteiger partial charge in [-0.3, -0.25) is 94.1 Å². The molecule has 636 valence electrons. The molecule has 37 nitrogen and oxygen atoms in total. The SMILES string of the molecule is C.C1CCOC1.CC(=O)OC(C)=O.Cn1c(=O)n(C(CCC(=O)O)C(=O)O)c2cc(Br)ccc21.Cn1c(=O)n(C(CCC(=O)O)C(N)=O)c2cc(Br)ccc21.Cn1c(=O)n(C(CCC(N)=O)C(=O)O)c2cc(Br)ccc21.Cn1c(=O)n(C2CCC(=O)NC2=O)c2cc(Br)ccc21.Cn1c(=O)n(C2CCC(=O)OC2=O)c2cc(Br)ccc21.[2H]CI. The molecule has 5 unspecified atom stereocenters. The highest BCUT2D eigenvalue weighted by Crippen LogP contribution is 2.31. The van der Waals surface area contributed by atoms with E-state index in [1.54, 1.807) is 108 Å². The summed E-state index contributed by atoms with van der Waals surface area (Å²) in [6.45, 7) is 4.36. The summed E-state index contributed by atoms with van der Waals surface area (Å²) in [5.74, 6) is -8.93. The molecular formula is C75H85Br5IN13O24. The number of carbonyl (C=O) groups excluding carboxylic acids is 8. The number of cyclic esters (lactones) is 2. The third-order valence-corrected chi connectivity index (χ3v) is 20.5. The van der Waals surface area contributed by atoms with E-state index in [0.29, 0.717) is 59.9 Å². The van der Waals surface area contributed by atoms with Gasteiger partial charge in [0.25, 0.3) is 0 Å². The number of hydrogen-bond acceptors (Lipinski definition) is 20. The molecule has 118 heavy (non-hydrogen) atoms. The van der Waals surface area contributed by atoms with E-state index in [1.165, 1.54) is 67.8 Å². The lowest BCUT2D eigenvalue weighted by Crippen LogP contribution is -2.44. The van der Waals surface area contributed by atoms with Gasteiger partial charge in [0, 0.05) is 118 Å². The Balaban J connectivity index is 0.000000253. The summed E-state index contributed by atoms with van der Waals surface area (Å²) < 4.78 is 37.1. The molecule has 0 spiro atoms. The van der Waals surface area contributed by atoms with Crippen molar-refractivity contribution in [3.8, 4) is 0 Å². The number of benzene rings is 5. The number of esters is 4. The van der Waals surface area contributed by atoms with Crippen molar-refractivity contribution in [2.45, 2.75) is 129 Å². The van der Waals surface area contributed by atoms with Gasteiger partial charge in [0.1, 0.15) is 30.2 Å². The first-order chi connectivity index (χ1) is 55.5. The van der Waals surface area contributed by atoms with Crippen LogP contribution < -0.4 is 45.2 Å². The number of alkyl halides is 1. The van der Waals surface area contributed by atoms with Crippen molar-refractivity contribution in [3.63, 3.8) is 0 Å². The van der Waals surface area contributed by atoms with E-state index in [2.05, 4.69) is 94.4 Å². The average molecular weight is 2080 g/mol. The number of nitrogens with two attached hydrogens (primary N) is 2. The van der Waals surface area contributed by atoms with Crippen molar-refractivity contribution in [2.24, 2.45) is 46.7 Å². The molecule has 3 aliphatic rings. The van der Waals surface area contributed by atoms with E-state index in [0.717, 1.165) is 46.7 Å². The van der Waals surface area contributed by atoms with Crippen molar-refractivity contribution in [1.82, 2.24) is 51.0 Å². The number of aliphatic carboxylic acids is 4. The molecule has 5 atom stereocenters. The zero-order valence-corrected chi connectivity index (χ0v) is 73.6.